The standard InChI is InChI=1S/C40H29OS2/c1-26(41)27-11-18-38-29(21-27)23-30-24-33(14-19-39(30)38)42-32-12-15-35(16-13-32)43(34-8-3-2-4-9-34)36-17-20-40-31(25-36)22-28-7-5-6-10-37(28)40/h2-21,24-25H,22-23H2,1H3/q+1. The first-order valence-electron chi connectivity index (χ1n) is 14.7. The second kappa shape index (κ2) is 10.8. The van der Waals surface area contributed by atoms with Gasteiger partial charge in [-0.2, -0.15) is 0 Å². The third-order valence-electron chi connectivity index (χ3n) is 8.53. The summed E-state index contributed by atoms with van der Waals surface area (Å²) >= 11 is 1.81. The van der Waals surface area contributed by atoms with Crippen molar-refractivity contribution in [2.24, 2.45) is 0 Å². The maximum absolute atomic E-state index is 11.9. The van der Waals surface area contributed by atoms with E-state index in [0.29, 0.717) is 0 Å². The Hall–Kier alpha value is -4.31. The maximum atomic E-state index is 11.9. The van der Waals surface area contributed by atoms with Gasteiger partial charge in [-0.15, -0.1) is 0 Å². The van der Waals surface area contributed by atoms with Crippen LogP contribution >= 0.6 is 11.8 Å². The normalized spacial score (nSPS) is 13.1. The van der Waals surface area contributed by atoms with Crippen LogP contribution < -0.4 is 0 Å². The molecule has 0 spiro atoms. The Morgan fingerprint density at radius 1 is 0.512 bits per heavy atom. The molecule has 0 radical (unpaired) electrons. The number of hydrogen-bond acceptors (Lipinski definition) is 2. The van der Waals surface area contributed by atoms with Gasteiger partial charge in [0.1, 0.15) is 0 Å². The fourth-order valence-electron chi connectivity index (χ4n) is 6.46. The van der Waals surface area contributed by atoms with E-state index in [1.165, 1.54) is 69.0 Å². The monoisotopic (exact) mass is 589 g/mol. The highest BCUT2D eigenvalue weighted by Crippen LogP contribution is 2.42. The Bertz CT molecular complexity index is 2030. The fourth-order valence-corrected chi connectivity index (χ4v) is 9.46. The highest BCUT2D eigenvalue weighted by Gasteiger charge is 2.31. The molecule has 1 unspecified atom stereocenters. The van der Waals surface area contributed by atoms with Crippen LogP contribution in [0.25, 0.3) is 22.3 Å². The zero-order chi connectivity index (χ0) is 28.9. The first kappa shape index (κ1) is 26.3. The SMILES string of the molecule is CC(=O)c1ccc2c(c1)Cc1cc(Sc3ccc([S+](c4ccccc4)c4ccc5c(c4)Cc4ccccc4-5)cc3)ccc1-2. The lowest BCUT2D eigenvalue weighted by Crippen LogP contribution is -2.05. The second-order valence-corrected chi connectivity index (χ2v) is 14.4. The number of carbonyl (C=O) groups excluding carboxylic acids is 1. The Labute approximate surface area is 260 Å². The number of ketones is 1. The van der Waals surface area contributed by atoms with Crippen LogP contribution in [0, 0.1) is 0 Å². The molecule has 0 fully saturated rings. The molecule has 8 rings (SSSR count). The Balaban J connectivity index is 1.07. The summed E-state index contributed by atoms with van der Waals surface area (Å²) in [5, 5.41) is 0. The molecule has 6 aromatic carbocycles. The second-order valence-electron chi connectivity index (χ2n) is 11.3. The van der Waals surface area contributed by atoms with Gasteiger partial charge in [0.15, 0.2) is 20.5 Å². The summed E-state index contributed by atoms with van der Waals surface area (Å²) in [7, 11) is -0.188. The summed E-state index contributed by atoms with van der Waals surface area (Å²) in [5.41, 5.74) is 11.5. The van der Waals surface area contributed by atoms with Gasteiger partial charge >= 0.3 is 0 Å². The Kier molecular flexibility index (Phi) is 6.58. The van der Waals surface area contributed by atoms with Gasteiger partial charge in [0, 0.05) is 15.4 Å². The third-order valence-corrected chi connectivity index (χ3v) is 11.7. The molecule has 2 aliphatic rings. The molecular formula is C40H29OS2+. The lowest BCUT2D eigenvalue weighted by atomic mass is 10.0. The molecule has 3 heteroatoms. The highest BCUT2D eigenvalue weighted by molar-refractivity contribution is 7.99. The molecule has 0 saturated carbocycles. The summed E-state index contributed by atoms with van der Waals surface area (Å²) < 4.78 is 0. The first-order chi connectivity index (χ1) is 21.1. The number of rotatable bonds is 6. The predicted octanol–water partition coefficient (Wildman–Crippen LogP) is 10.3. The minimum absolute atomic E-state index is 0.121. The van der Waals surface area contributed by atoms with Crippen LogP contribution in [0.2, 0.25) is 0 Å². The lowest BCUT2D eigenvalue weighted by Gasteiger charge is -2.11. The average molecular weight is 590 g/mol. The van der Waals surface area contributed by atoms with Crippen LogP contribution in [0.5, 0.6) is 0 Å². The zero-order valence-corrected chi connectivity index (χ0v) is 25.5. The molecule has 0 bridgehead atoms. The highest BCUT2D eigenvalue weighted by atomic mass is 32.2. The van der Waals surface area contributed by atoms with Gasteiger partial charge in [0.05, 0.1) is 10.9 Å². The molecule has 0 saturated heterocycles. The fraction of sp³-hybridized carbons (Fsp3) is 0.0750. The van der Waals surface area contributed by atoms with E-state index in [1.54, 1.807) is 6.92 Å². The number of Topliss-reactive ketones (excluding diaryl/α,β-unsaturated/α-hetero) is 1. The third kappa shape index (κ3) is 4.83. The molecule has 0 heterocycles. The molecule has 1 atom stereocenters. The summed E-state index contributed by atoms with van der Waals surface area (Å²) in [6, 6.07) is 48.9. The molecule has 206 valence electrons. The van der Waals surface area contributed by atoms with Crippen molar-refractivity contribution in [1.29, 1.82) is 0 Å². The van der Waals surface area contributed by atoms with Crippen molar-refractivity contribution in [1.82, 2.24) is 0 Å². The predicted molar refractivity (Wildman–Crippen MR) is 179 cm³/mol. The zero-order valence-electron chi connectivity index (χ0n) is 23.8. The molecule has 1 nitrogen and oxygen atoms in total. The van der Waals surface area contributed by atoms with E-state index in [9.17, 15) is 4.79 Å². The van der Waals surface area contributed by atoms with Crippen LogP contribution in [0.15, 0.2) is 158 Å². The Morgan fingerprint density at radius 3 is 1.86 bits per heavy atom. The van der Waals surface area contributed by atoms with Gasteiger partial charge in [-0.25, -0.2) is 0 Å². The minimum Gasteiger partial charge on any atom is -0.295 e. The van der Waals surface area contributed by atoms with E-state index < -0.39 is 0 Å². The molecule has 6 aromatic rings. The number of carbonyl (C=O) groups is 1. The molecule has 43 heavy (non-hydrogen) atoms. The van der Waals surface area contributed by atoms with Gasteiger partial charge in [-0.3, -0.25) is 4.79 Å². The summed E-state index contributed by atoms with van der Waals surface area (Å²) in [5.74, 6) is 0.121. The Morgan fingerprint density at radius 2 is 1.07 bits per heavy atom. The van der Waals surface area contributed by atoms with Crippen LogP contribution in [0.1, 0.15) is 39.5 Å². The van der Waals surface area contributed by atoms with Crippen molar-refractivity contribution < 1.29 is 4.79 Å². The van der Waals surface area contributed by atoms with E-state index in [2.05, 4.69) is 127 Å². The molecular weight excluding hydrogens is 561 g/mol. The van der Waals surface area contributed by atoms with E-state index in [0.717, 1.165) is 18.4 Å². The topological polar surface area (TPSA) is 17.1 Å². The maximum Gasteiger partial charge on any atom is 0.166 e. The van der Waals surface area contributed by atoms with Crippen LogP contribution in [0.3, 0.4) is 0 Å². The molecule has 0 amide bonds. The summed E-state index contributed by atoms with van der Waals surface area (Å²) in [6.45, 7) is 1.64. The van der Waals surface area contributed by atoms with Crippen LogP contribution in [-0.4, -0.2) is 5.78 Å². The summed E-state index contributed by atoms with van der Waals surface area (Å²) in [6.07, 6.45) is 1.88. The molecule has 2 aliphatic carbocycles. The van der Waals surface area contributed by atoms with Crippen molar-refractivity contribution >= 4 is 28.4 Å². The van der Waals surface area contributed by atoms with Crippen molar-refractivity contribution in [3.05, 3.63) is 161 Å². The van der Waals surface area contributed by atoms with Crippen molar-refractivity contribution in [3.63, 3.8) is 0 Å². The smallest absolute Gasteiger partial charge is 0.166 e. The van der Waals surface area contributed by atoms with E-state index in [-0.39, 0.29) is 16.7 Å². The number of hydrogen-bond donors (Lipinski definition) is 0. The largest absolute Gasteiger partial charge is 0.295 e. The van der Waals surface area contributed by atoms with Gasteiger partial charge in [0.25, 0.3) is 0 Å². The van der Waals surface area contributed by atoms with Crippen molar-refractivity contribution in [3.8, 4) is 22.3 Å². The van der Waals surface area contributed by atoms with E-state index >= 15 is 0 Å². The van der Waals surface area contributed by atoms with E-state index in [4.69, 9.17) is 0 Å². The van der Waals surface area contributed by atoms with E-state index in [1.807, 2.05) is 17.8 Å². The van der Waals surface area contributed by atoms with Gasteiger partial charge in [-0.1, -0.05) is 72.4 Å². The molecule has 0 aliphatic heterocycles. The quantitative estimate of drug-likeness (QED) is 0.142. The minimum atomic E-state index is -0.188. The van der Waals surface area contributed by atoms with Gasteiger partial charge < -0.3 is 0 Å². The van der Waals surface area contributed by atoms with Gasteiger partial charge in [-0.05, 0) is 137 Å². The van der Waals surface area contributed by atoms with Gasteiger partial charge in [0.2, 0.25) is 0 Å². The average Bonchev–Trinajstić information content (AvgIpc) is 3.59. The number of benzene rings is 6. The van der Waals surface area contributed by atoms with Crippen LogP contribution in [0.4, 0.5) is 0 Å². The van der Waals surface area contributed by atoms with Crippen molar-refractivity contribution in [2.45, 2.75) is 44.2 Å². The molecule has 0 N–H and O–H groups in total. The van der Waals surface area contributed by atoms with Crippen LogP contribution in [-0.2, 0) is 23.7 Å². The first-order valence-corrected chi connectivity index (χ1v) is 16.7. The molecule has 0 aromatic heterocycles. The number of fused-ring (bicyclic) bond motifs is 6. The van der Waals surface area contributed by atoms with Crippen molar-refractivity contribution in [2.75, 3.05) is 0 Å². The lowest BCUT2D eigenvalue weighted by molar-refractivity contribution is 0.101. The summed E-state index contributed by atoms with van der Waals surface area (Å²) in [4.78, 5) is 18.4.